The lowest BCUT2D eigenvalue weighted by atomic mass is 10.4. The van der Waals surface area contributed by atoms with E-state index in [-0.39, 0.29) is 0 Å². The van der Waals surface area contributed by atoms with Gasteiger partial charge in [0, 0.05) is 4.90 Å². The predicted octanol–water partition coefficient (Wildman–Crippen LogP) is 6.17. The van der Waals surface area contributed by atoms with Crippen LogP contribution >= 0.6 is 11.8 Å². The van der Waals surface area contributed by atoms with E-state index < -0.39 is 0 Å². The van der Waals surface area contributed by atoms with Crippen LogP contribution in [0.5, 0.6) is 0 Å². The normalized spacial score (nSPS) is 8.28. The van der Waals surface area contributed by atoms with Crippen LogP contribution in [0, 0.1) is 12.8 Å². The SMILES string of the molecule is C#C.C/C=C(\C)Sc1ccccc1.C=CC.CC. The summed E-state index contributed by atoms with van der Waals surface area (Å²) in [4.78, 5) is 2.65. The van der Waals surface area contributed by atoms with Crippen LogP contribution in [-0.2, 0) is 0 Å². The largest absolute Gasteiger partial charge is 0.124 e. The van der Waals surface area contributed by atoms with E-state index in [0.717, 1.165) is 0 Å². The van der Waals surface area contributed by atoms with Crippen LogP contribution < -0.4 is 0 Å². The fraction of sp³-hybridized carbons (Fsp3) is 0.294. The molecule has 0 atom stereocenters. The zero-order valence-corrected chi connectivity index (χ0v) is 13.1. The maximum atomic E-state index is 4.00. The van der Waals surface area contributed by atoms with Gasteiger partial charge in [0.15, 0.2) is 0 Å². The van der Waals surface area contributed by atoms with E-state index in [9.17, 15) is 0 Å². The molecule has 0 fully saturated rings. The van der Waals surface area contributed by atoms with Crippen LogP contribution in [-0.4, -0.2) is 0 Å². The number of allylic oxidation sites excluding steroid dienone is 3. The Balaban J connectivity index is -0.000000274. The molecule has 100 valence electrons. The lowest BCUT2D eigenvalue weighted by Crippen LogP contribution is -1.69. The molecule has 0 aliphatic rings. The van der Waals surface area contributed by atoms with Crippen molar-refractivity contribution >= 4 is 11.8 Å². The third kappa shape index (κ3) is 17.0. The molecule has 0 unspecified atom stereocenters. The molecule has 1 rings (SSSR count). The molecule has 0 aliphatic carbocycles. The van der Waals surface area contributed by atoms with E-state index in [0.29, 0.717) is 0 Å². The van der Waals surface area contributed by atoms with Gasteiger partial charge in [-0.2, -0.15) is 0 Å². The summed E-state index contributed by atoms with van der Waals surface area (Å²) >= 11 is 1.80. The molecule has 18 heavy (non-hydrogen) atoms. The number of rotatable bonds is 2. The minimum Gasteiger partial charge on any atom is -0.124 e. The number of thioether (sulfide) groups is 1. The lowest BCUT2D eigenvalue weighted by Gasteiger charge is -1.98. The molecule has 0 aromatic heterocycles. The molecular weight excluding hydrogens is 236 g/mol. The van der Waals surface area contributed by atoms with Crippen molar-refractivity contribution in [3.8, 4) is 12.8 Å². The van der Waals surface area contributed by atoms with E-state index in [1.54, 1.807) is 17.8 Å². The monoisotopic (exact) mass is 262 g/mol. The molecule has 0 bridgehead atoms. The highest BCUT2D eigenvalue weighted by atomic mass is 32.2. The maximum absolute atomic E-state index is 4.00. The van der Waals surface area contributed by atoms with Crippen molar-refractivity contribution in [2.45, 2.75) is 39.5 Å². The average Bonchev–Trinajstić information content (AvgIpc) is 2.45. The molecule has 0 aliphatic heterocycles. The van der Waals surface area contributed by atoms with Gasteiger partial charge in [-0.1, -0.05) is 56.0 Å². The standard InChI is InChI=1S/C10H12S.C3H6.C2H6.C2H2/c1-3-9(2)11-10-7-5-4-6-8-10;1-3-2;2*1-2/h3-8H,1-2H3;3H,1H2,2H3;1-2H3;1-2H/b9-3+;;;. The van der Waals surface area contributed by atoms with Crippen molar-refractivity contribution in [1.29, 1.82) is 0 Å². The van der Waals surface area contributed by atoms with Gasteiger partial charge in [-0.25, -0.2) is 0 Å². The van der Waals surface area contributed by atoms with Gasteiger partial charge < -0.3 is 0 Å². The van der Waals surface area contributed by atoms with Crippen LogP contribution in [0.15, 0.2) is 58.9 Å². The zero-order valence-electron chi connectivity index (χ0n) is 12.3. The smallest absolute Gasteiger partial charge is 0.0118 e. The highest BCUT2D eigenvalue weighted by Crippen LogP contribution is 2.24. The molecule has 0 nitrogen and oxygen atoms in total. The zero-order chi connectivity index (χ0) is 14.8. The van der Waals surface area contributed by atoms with Crippen LogP contribution in [0.1, 0.15) is 34.6 Å². The van der Waals surface area contributed by atoms with Crippen molar-refractivity contribution in [3.63, 3.8) is 0 Å². The Labute approximate surface area is 118 Å². The third-order valence-electron chi connectivity index (χ3n) is 1.43. The van der Waals surface area contributed by atoms with Gasteiger partial charge in [0.2, 0.25) is 0 Å². The molecule has 1 aromatic carbocycles. The second-order valence-electron chi connectivity index (χ2n) is 2.72. The molecule has 0 heterocycles. The molecule has 0 radical (unpaired) electrons. The Morgan fingerprint density at radius 1 is 1.11 bits per heavy atom. The summed E-state index contributed by atoms with van der Waals surface area (Å²) in [6.45, 7) is 13.4. The van der Waals surface area contributed by atoms with Crippen LogP contribution in [0.2, 0.25) is 0 Å². The number of hydrogen-bond acceptors (Lipinski definition) is 1. The van der Waals surface area contributed by atoms with Gasteiger partial charge in [-0.15, -0.1) is 19.4 Å². The molecule has 0 saturated carbocycles. The van der Waals surface area contributed by atoms with Gasteiger partial charge >= 0.3 is 0 Å². The summed E-state index contributed by atoms with van der Waals surface area (Å²) in [5.41, 5.74) is 0. The minimum absolute atomic E-state index is 1.31. The number of terminal acetylenes is 1. The Kier molecular flexibility index (Phi) is 25.4. The summed E-state index contributed by atoms with van der Waals surface area (Å²) in [6.07, 6.45) is 11.9. The molecule has 0 N–H and O–H groups in total. The van der Waals surface area contributed by atoms with Crippen LogP contribution in [0.3, 0.4) is 0 Å². The van der Waals surface area contributed by atoms with Crippen molar-refractivity contribution in [3.05, 3.63) is 54.0 Å². The van der Waals surface area contributed by atoms with E-state index in [4.69, 9.17) is 0 Å². The molecule has 1 heteroatoms. The topological polar surface area (TPSA) is 0 Å². The van der Waals surface area contributed by atoms with E-state index >= 15 is 0 Å². The fourth-order valence-corrected chi connectivity index (χ4v) is 1.52. The first kappa shape index (κ1) is 21.9. The van der Waals surface area contributed by atoms with Crippen molar-refractivity contribution in [2.24, 2.45) is 0 Å². The second-order valence-corrected chi connectivity index (χ2v) is 4.04. The summed E-state index contributed by atoms with van der Waals surface area (Å²) < 4.78 is 0. The van der Waals surface area contributed by atoms with Gasteiger partial charge in [0.1, 0.15) is 0 Å². The first-order valence-electron chi connectivity index (χ1n) is 6.00. The summed E-state index contributed by atoms with van der Waals surface area (Å²) in [7, 11) is 0. The van der Waals surface area contributed by atoms with Gasteiger partial charge in [-0.05, 0) is 37.8 Å². The summed E-state index contributed by atoms with van der Waals surface area (Å²) in [5, 5.41) is 0. The van der Waals surface area contributed by atoms with Crippen molar-refractivity contribution in [2.75, 3.05) is 0 Å². The highest BCUT2D eigenvalue weighted by Gasteiger charge is 1.91. The number of benzene rings is 1. The van der Waals surface area contributed by atoms with Gasteiger partial charge in [-0.3, -0.25) is 0 Å². The summed E-state index contributed by atoms with van der Waals surface area (Å²) in [6, 6.07) is 10.4. The average molecular weight is 262 g/mol. The van der Waals surface area contributed by atoms with Crippen LogP contribution in [0.4, 0.5) is 0 Å². The molecule has 0 amide bonds. The molecule has 0 saturated heterocycles. The maximum Gasteiger partial charge on any atom is 0.0118 e. The van der Waals surface area contributed by atoms with E-state index in [1.807, 2.05) is 26.8 Å². The van der Waals surface area contributed by atoms with Crippen molar-refractivity contribution in [1.82, 2.24) is 0 Å². The van der Waals surface area contributed by atoms with Gasteiger partial charge in [0.05, 0.1) is 0 Å². The first-order valence-corrected chi connectivity index (χ1v) is 6.82. The Hall–Kier alpha value is -1.39. The Morgan fingerprint density at radius 3 is 1.83 bits per heavy atom. The molecule has 1 aromatic rings. The second kappa shape index (κ2) is 21.0. The first-order chi connectivity index (χ1) is 8.74. The minimum atomic E-state index is 1.31. The molecule has 0 spiro atoms. The van der Waals surface area contributed by atoms with E-state index in [2.05, 4.69) is 63.6 Å². The Bertz CT molecular complexity index is 307. The van der Waals surface area contributed by atoms with Gasteiger partial charge in [0.25, 0.3) is 0 Å². The summed E-state index contributed by atoms with van der Waals surface area (Å²) in [5.74, 6) is 0. The molecular formula is C17H26S. The van der Waals surface area contributed by atoms with Crippen molar-refractivity contribution < 1.29 is 0 Å². The lowest BCUT2D eigenvalue weighted by molar-refractivity contribution is 1.46. The fourth-order valence-electron chi connectivity index (χ4n) is 0.733. The third-order valence-corrected chi connectivity index (χ3v) is 2.49. The highest BCUT2D eigenvalue weighted by molar-refractivity contribution is 8.03. The quantitative estimate of drug-likeness (QED) is 0.349. The van der Waals surface area contributed by atoms with Crippen LogP contribution in [0.25, 0.3) is 0 Å². The number of hydrogen-bond donors (Lipinski definition) is 0. The predicted molar refractivity (Wildman–Crippen MR) is 88.8 cm³/mol. The van der Waals surface area contributed by atoms with E-state index in [1.165, 1.54) is 9.80 Å². The Morgan fingerprint density at radius 2 is 1.50 bits per heavy atom.